The molecule has 1 aromatic heterocycles. The van der Waals surface area contributed by atoms with Crippen LogP contribution in [0.2, 0.25) is 0 Å². The molecule has 3 heterocycles. The molecule has 5 rings (SSSR count). The van der Waals surface area contributed by atoms with Gasteiger partial charge in [0.1, 0.15) is 11.5 Å². The average Bonchev–Trinajstić information content (AvgIpc) is 3.52. The number of para-hydroxylation sites is 1. The highest BCUT2D eigenvalue weighted by atomic mass is 16.5. The monoisotopic (exact) mass is 436 g/mol. The van der Waals surface area contributed by atoms with Crippen LogP contribution in [0.15, 0.2) is 58.2 Å². The van der Waals surface area contributed by atoms with Gasteiger partial charge in [-0.15, -0.1) is 0 Å². The summed E-state index contributed by atoms with van der Waals surface area (Å²) in [4.78, 5) is 0. The maximum absolute atomic E-state index is 6.50. The number of hydrazone groups is 1. The molecule has 0 aliphatic carbocycles. The SMILES string of the molecule is COc1cc([C@@H]2Oc3c(OC)cccc3[C@@H]3CC(c4ccco4)=NN32)cc(OC)c1OC. The second kappa shape index (κ2) is 8.03. The molecule has 2 aromatic carbocycles. The predicted octanol–water partition coefficient (Wildman–Crippen LogP) is 4.56. The highest BCUT2D eigenvalue weighted by molar-refractivity contribution is 5.99. The van der Waals surface area contributed by atoms with Crippen molar-refractivity contribution < 1.29 is 28.1 Å². The van der Waals surface area contributed by atoms with E-state index in [1.165, 1.54) is 0 Å². The molecule has 8 heteroatoms. The van der Waals surface area contributed by atoms with E-state index in [-0.39, 0.29) is 6.04 Å². The first-order valence-electron chi connectivity index (χ1n) is 10.2. The molecule has 0 spiro atoms. The van der Waals surface area contributed by atoms with Gasteiger partial charge in [-0.3, -0.25) is 0 Å². The van der Waals surface area contributed by atoms with Crippen LogP contribution in [0.5, 0.6) is 28.7 Å². The predicted molar refractivity (Wildman–Crippen MR) is 117 cm³/mol. The number of nitrogens with zero attached hydrogens (tertiary/aromatic N) is 2. The lowest BCUT2D eigenvalue weighted by molar-refractivity contribution is -0.0211. The summed E-state index contributed by atoms with van der Waals surface area (Å²) >= 11 is 0. The van der Waals surface area contributed by atoms with Gasteiger partial charge in [-0.2, -0.15) is 5.10 Å². The van der Waals surface area contributed by atoms with Crippen LogP contribution in [0.4, 0.5) is 0 Å². The van der Waals surface area contributed by atoms with Crippen LogP contribution in [0.25, 0.3) is 0 Å². The summed E-state index contributed by atoms with van der Waals surface area (Å²) in [7, 11) is 6.40. The quantitative estimate of drug-likeness (QED) is 0.561. The number of benzene rings is 2. The van der Waals surface area contributed by atoms with Crippen molar-refractivity contribution in [2.75, 3.05) is 28.4 Å². The van der Waals surface area contributed by atoms with Crippen LogP contribution in [-0.2, 0) is 0 Å². The third kappa shape index (κ3) is 3.10. The van der Waals surface area contributed by atoms with Gasteiger partial charge in [0.15, 0.2) is 23.0 Å². The Bertz CT molecular complexity index is 1130. The van der Waals surface area contributed by atoms with Crippen molar-refractivity contribution in [1.29, 1.82) is 0 Å². The second-order valence-corrected chi connectivity index (χ2v) is 7.43. The average molecular weight is 436 g/mol. The van der Waals surface area contributed by atoms with Crippen molar-refractivity contribution in [1.82, 2.24) is 5.01 Å². The molecule has 0 bridgehead atoms. The Morgan fingerprint density at radius 2 is 1.66 bits per heavy atom. The number of furan rings is 1. The van der Waals surface area contributed by atoms with Gasteiger partial charge in [0.2, 0.25) is 12.0 Å². The zero-order valence-electron chi connectivity index (χ0n) is 18.3. The molecule has 3 aromatic rings. The second-order valence-electron chi connectivity index (χ2n) is 7.43. The molecular weight excluding hydrogens is 412 g/mol. The zero-order chi connectivity index (χ0) is 22.2. The summed E-state index contributed by atoms with van der Waals surface area (Å²) in [6, 6.07) is 13.4. The third-order valence-electron chi connectivity index (χ3n) is 5.78. The van der Waals surface area contributed by atoms with Gasteiger partial charge >= 0.3 is 0 Å². The number of rotatable bonds is 6. The fraction of sp³-hybridized carbons (Fsp3) is 0.292. The number of methoxy groups -OCH3 is 4. The van der Waals surface area contributed by atoms with Crippen LogP contribution in [0.3, 0.4) is 0 Å². The van der Waals surface area contributed by atoms with E-state index in [4.69, 9.17) is 33.2 Å². The number of hydrogen-bond donors (Lipinski definition) is 0. The Kier molecular flexibility index (Phi) is 5.05. The van der Waals surface area contributed by atoms with Gasteiger partial charge in [0.25, 0.3) is 0 Å². The van der Waals surface area contributed by atoms with Crippen LogP contribution in [0, 0.1) is 0 Å². The summed E-state index contributed by atoms with van der Waals surface area (Å²) in [5.41, 5.74) is 2.68. The van der Waals surface area contributed by atoms with Crippen molar-refractivity contribution in [3.05, 3.63) is 65.6 Å². The molecule has 0 saturated heterocycles. The largest absolute Gasteiger partial charge is 0.493 e. The number of ether oxygens (including phenoxy) is 5. The minimum Gasteiger partial charge on any atom is -0.493 e. The molecule has 0 unspecified atom stereocenters. The minimum absolute atomic E-state index is 0.0435. The minimum atomic E-state index is -0.537. The van der Waals surface area contributed by atoms with Gasteiger partial charge in [-0.25, -0.2) is 5.01 Å². The number of hydrogen-bond acceptors (Lipinski definition) is 8. The van der Waals surface area contributed by atoms with E-state index in [0.717, 1.165) is 22.6 Å². The van der Waals surface area contributed by atoms with Crippen molar-refractivity contribution >= 4 is 5.71 Å². The summed E-state index contributed by atoms with van der Waals surface area (Å²) in [6.45, 7) is 0. The first-order valence-corrected chi connectivity index (χ1v) is 10.2. The van der Waals surface area contributed by atoms with Gasteiger partial charge in [-0.05, 0) is 30.3 Å². The van der Waals surface area contributed by atoms with E-state index in [9.17, 15) is 0 Å². The molecule has 2 atom stereocenters. The van der Waals surface area contributed by atoms with E-state index < -0.39 is 6.23 Å². The Morgan fingerprint density at radius 1 is 0.906 bits per heavy atom. The van der Waals surface area contributed by atoms with Crippen LogP contribution < -0.4 is 23.7 Å². The smallest absolute Gasteiger partial charge is 0.214 e. The maximum atomic E-state index is 6.50. The first kappa shape index (κ1) is 20.1. The Hall–Kier alpha value is -3.81. The molecule has 0 fully saturated rings. The van der Waals surface area contributed by atoms with Crippen molar-refractivity contribution in [2.45, 2.75) is 18.7 Å². The lowest BCUT2D eigenvalue weighted by atomic mass is 9.97. The van der Waals surface area contributed by atoms with Crippen molar-refractivity contribution in [2.24, 2.45) is 5.10 Å². The molecule has 2 aliphatic rings. The molecule has 2 aliphatic heterocycles. The molecule has 0 radical (unpaired) electrons. The van der Waals surface area contributed by atoms with E-state index >= 15 is 0 Å². The van der Waals surface area contributed by atoms with E-state index in [0.29, 0.717) is 35.2 Å². The summed E-state index contributed by atoms with van der Waals surface area (Å²) in [6.07, 6.45) is 1.79. The molecule has 0 amide bonds. The number of fused-ring (bicyclic) bond motifs is 3. The van der Waals surface area contributed by atoms with E-state index in [1.807, 2.05) is 47.5 Å². The fourth-order valence-corrected chi connectivity index (χ4v) is 4.30. The van der Waals surface area contributed by atoms with Gasteiger partial charge in [0.05, 0.1) is 40.7 Å². The topological polar surface area (TPSA) is 74.9 Å². The van der Waals surface area contributed by atoms with E-state index in [1.54, 1.807) is 34.7 Å². The summed E-state index contributed by atoms with van der Waals surface area (Å²) in [5, 5.41) is 6.85. The third-order valence-corrected chi connectivity index (χ3v) is 5.78. The highest BCUT2D eigenvalue weighted by Gasteiger charge is 2.43. The summed E-state index contributed by atoms with van der Waals surface area (Å²) in [5.74, 6) is 3.72. The lowest BCUT2D eigenvalue weighted by Crippen LogP contribution is -2.34. The van der Waals surface area contributed by atoms with Gasteiger partial charge in [-0.1, -0.05) is 12.1 Å². The first-order chi connectivity index (χ1) is 15.7. The van der Waals surface area contributed by atoms with Crippen molar-refractivity contribution in [3.63, 3.8) is 0 Å². The Labute approximate surface area is 185 Å². The maximum Gasteiger partial charge on any atom is 0.214 e. The molecule has 0 N–H and O–H groups in total. The standard InChI is InChI=1S/C24H24N2O6/c1-27-19-8-5-7-15-17-13-16(18-9-6-10-31-18)25-26(17)24(32-22(15)19)14-11-20(28-2)23(30-4)21(12-14)29-3/h5-12,17,24H,13H2,1-4H3/t17-,24-/m0/s1. The Balaban J connectivity index is 1.66. The highest BCUT2D eigenvalue weighted by Crippen LogP contribution is 2.52. The molecule has 32 heavy (non-hydrogen) atoms. The van der Waals surface area contributed by atoms with Crippen LogP contribution in [-0.4, -0.2) is 39.2 Å². The Morgan fingerprint density at radius 3 is 2.28 bits per heavy atom. The van der Waals surface area contributed by atoms with Gasteiger partial charge in [0, 0.05) is 17.5 Å². The molecule has 166 valence electrons. The lowest BCUT2D eigenvalue weighted by Gasteiger charge is -2.38. The van der Waals surface area contributed by atoms with E-state index in [2.05, 4.69) is 0 Å². The van der Waals surface area contributed by atoms with Crippen molar-refractivity contribution in [3.8, 4) is 28.7 Å². The summed E-state index contributed by atoms with van der Waals surface area (Å²) < 4.78 is 34.3. The normalized spacial score (nSPS) is 18.9. The molecule has 0 saturated carbocycles. The van der Waals surface area contributed by atoms with Gasteiger partial charge < -0.3 is 28.1 Å². The molecular formula is C24H24N2O6. The zero-order valence-corrected chi connectivity index (χ0v) is 18.3. The molecule has 8 nitrogen and oxygen atoms in total. The van der Waals surface area contributed by atoms with Crippen LogP contribution in [0.1, 0.15) is 35.6 Å². The fourth-order valence-electron chi connectivity index (χ4n) is 4.30. The van der Waals surface area contributed by atoms with Crippen LogP contribution >= 0.6 is 0 Å².